The predicted octanol–water partition coefficient (Wildman–Crippen LogP) is 0.546. The second-order valence-corrected chi connectivity index (χ2v) is 3.04. The number of carbonyl (C=O) groups is 1. The first-order valence-electron chi connectivity index (χ1n) is 4.33. The van der Waals surface area contributed by atoms with Crippen LogP contribution in [0.15, 0.2) is 12.7 Å². The lowest BCUT2D eigenvalue weighted by Gasteiger charge is -2.36. The summed E-state index contributed by atoms with van der Waals surface area (Å²) in [5.41, 5.74) is 0. The van der Waals surface area contributed by atoms with E-state index in [1.165, 1.54) is 12.5 Å². The Hall–Kier alpha value is -0.830. The Morgan fingerprint density at radius 2 is 2.33 bits per heavy atom. The van der Waals surface area contributed by atoms with Gasteiger partial charge in [0, 0.05) is 12.6 Å². The van der Waals surface area contributed by atoms with Gasteiger partial charge in [0.25, 0.3) is 0 Å². The average molecular weight is 169 g/mol. The lowest BCUT2D eigenvalue weighted by Crippen LogP contribution is -2.44. The van der Waals surface area contributed by atoms with Gasteiger partial charge in [0.1, 0.15) is 0 Å². The number of carbonyl (C=O) groups excluding carboxylic acids is 1. The molecule has 0 spiro atoms. The highest BCUT2D eigenvalue weighted by Gasteiger charge is 2.26. The van der Waals surface area contributed by atoms with Crippen LogP contribution in [0.4, 0.5) is 0 Å². The molecule has 0 aromatic carbocycles. The van der Waals surface area contributed by atoms with E-state index in [-0.39, 0.29) is 12.5 Å². The quantitative estimate of drug-likeness (QED) is 0.624. The van der Waals surface area contributed by atoms with Crippen molar-refractivity contribution >= 4 is 5.91 Å². The van der Waals surface area contributed by atoms with Gasteiger partial charge < -0.3 is 10.0 Å². The van der Waals surface area contributed by atoms with Crippen LogP contribution in [-0.4, -0.2) is 35.1 Å². The number of aliphatic hydroxyl groups excluding tert-OH is 1. The molecule has 3 heteroatoms. The summed E-state index contributed by atoms with van der Waals surface area (Å²) in [7, 11) is 0. The number of nitrogens with zero attached hydrogens (tertiary/aromatic N) is 1. The third kappa shape index (κ3) is 1.85. The maximum atomic E-state index is 11.2. The molecule has 0 aromatic rings. The van der Waals surface area contributed by atoms with E-state index in [9.17, 15) is 4.79 Å². The standard InChI is InChI=1S/C9H15NO2/c1-2-9(12)10(6-7-11)8-4-3-5-8/h2,8,11H,1,3-7H2. The predicted molar refractivity (Wildman–Crippen MR) is 46.6 cm³/mol. The van der Waals surface area contributed by atoms with Crippen LogP contribution < -0.4 is 0 Å². The fourth-order valence-corrected chi connectivity index (χ4v) is 1.40. The van der Waals surface area contributed by atoms with Crippen molar-refractivity contribution in [1.82, 2.24) is 4.90 Å². The van der Waals surface area contributed by atoms with Crippen molar-refractivity contribution in [3.8, 4) is 0 Å². The minimum Gasteiger partial charge on any atom is -0.395 e. The first-order valence-corrected chi connectivity index (χ1v) is 4.33. The zero-order chi connectivity index (χ0) is 8.97. The van der Waals surface area contributed by atoms with Crippen LogP contribution in [0.2, 0.25) is 0 Å². The zero-order valence-electron chi connectivity index (χ0n) is 7.20. The van der Waals surface area contributed by atoms with Crippen LogP contribution in [0.3, 0.4) is 0 Å². The molecule has 0 heterocycles. The Morgan fingerprint density at radius 3 is 2.67 bits per heavy atom. The van der Waals surface area contributed by atoms with Gasteiger partial charge in [0.15, 0.2) is 0 Å². The molecule has 0 aliphatic heterocycles. The highest BCUT2D eigenvalue weighted by atomic mass is 16.3. The van der Waals surface area contributed by atoms with Gasteiger partial charge in [-0.1, -0.05) is 6.58 Å². The molecular weight excluding hydrogens is 154 g/mol. The minimum absolute atomic E-state index is 0.0378. The summed E-state index contributed by atoms with van der Waals surface area (Å²) in [5, 5.41) is 8.72. The van der Waals surface area contributed by atoms with E-state index in [1.807, 2.05) is 0 Å². The molecule has 1 rings (SSSR count). The Balaban J connectivity index is 2.46. The van der Waals surface area contributed by atoms with Gasteiger partial charge in [-0.25, -0.2) is 0 Å². The molecule has 0 unspecified atom stereocenters. The molecule has 1 aliphatic carbocycles. The van der Waals surface area contributed by atoms with Crippen molar-refractivity contribution in [2.24, 2.45) is 0 Å². The SMILES string of the molecule is C=CC(=O)N(CCO)C1CCC1. The van der Waals surface area contributed by atoms with Crippen molar-refractivity contribution in [2.45, 2.75) is 25.3 Å². The average Bonchev–Trinajstić information content (AvgIpc) is 1.99. The Morgan fingerprint density at radius 1 is 1.67 bits per heavy atom. The summed E-state index contributed by atoms with van der Waals surface area (Å²) in [6, 6.07) is 0.350. The summed E-state index contributed by atoms with van der Waals surface area (Å²) in [6.45, 7) is 3.91. The van der Waals surface area contributed by atoms with Crippen LogP contribution in [0.5, 0.6) is 0 Å². The Bertz CT molecular complexity index is 175. The molecule has 1 N–H and O–H groups in total. The van der Waals surface area contributed by atoms with E-state index >= 15 is 0 Å². The molecule has 0 atom stereocenters. The summed E-state index contributed by atoms with van der Waals surface area (Å²) < 4.78 is 0. The molecule has 1 saturated carbocycles. The van der Waals surface area contributed by atoms with Crippen molar-refractivity contribution < 1.29 is 9.90 Å². The number of aliphatic hydroxyl groups is 1. The van der Waals surface area contributed by atoms with E-state index in [2.05, 4.69) is 6.58 Å². The lowest BCUT2D eigenvalue weighted by atomic mass is 9.91. The first-order chi connectivity index (χ1) is 5.79. The topological polar surface area (TPSA) is 40.5 Å². The van der Waals surface area contributed by atoms with E-state index < -0.39 is 0 Å². The smallest absolute Gasteiger partial charge is 0.246 e. The second-order valence-electron chi connectivity index (χ2n) is 3.04. The van der Waals surface area contributed by atoms with Crippen LogP contribution in [0, 0.1) is 0 Å². The van der Waals surface area contributed by atoms with Crippen LogP contribution in [-0.2, 0) is 4.79 Å². The summed E-state index contributed by atoms with van der Waals surface area (Å²) in [5.74, 6) is -0.0613. The molecular formula is C9H15NO2. The lowest BCUT2D eigenvalue weighted by molar-refractivity contribution is -0.130. The van der Waals surface area contributed by atoms with E-state index in [0.717, 1.165) is 12.8 Å². The summed E-state index contributed by atoms with van der Waals surface area (Å²) in [4.78, 5) is 12.9. The van der Waals surface area contributed by atoms with Gasteiger partial charge in [0.2, 0.25) is 5.91 Å². The van der Waals surface area contributed by atoms with Gasteiger partial charge in [-0.15, -0.1) is 0 Å². The third-order valence-electron chi connectivity index (χ3n) is 2.31. The minimum atomic E-state index is -0.0613. The molecule has 0 bridgehead atoms. The molecule has 68 valence electrons. The molecule has 1 fully saturated rings. The monoisotopic (exact) mass is 169 g/mol. The highest BCUT2D eigenvalue weighted by Crippen LogP contribution is 2.24. The van der Waals surface area contributed by atoms with Crippen molar-refractivity contribution in [3.63, 3.8) is 0 Å². The fraction of sp³-hybridized carbons (Fsp3) is 0.667. The van der Waals surface area contributed by atoms with Crippen LogP contribution >= 0.6 is 0 Å². The molecule has 12 heavy (non-hydrogen) atoms. The van der Waals surface area contributed by atoms with E-state index in [1.54, 1.807) is 4.90 Å². The molecule has 1 amide bonds. The largest absolute Gasteiger partial charge is 0.395 e. The second kappa shape index (κ2) is 4.26. The van der Waals surface area contributed by atoms with Crippen molar-refractivity contribution in [3.05, 3.63) is 12.7 Å². The number of hydrogen-bond donors (Lipinski definition) is 1. The van der Waals surface area contributed by atoms with Gasteiger partial charge >= 0.3 is 0 Å². The van der Waals surface area contributed by atoms with Crippen molar-refractivity contribution in [2.75, 3.05) is 13.2 Å². The van der Waals surface area contributed by atoms with E-state index in [0.29, 0.717) is 12.6 Å². The molecule has 1 aliphatic rings. The normalized spacial score (nSPS) is 16.8. The fourth-order valence-electron chi connectivity index (χ4n) is 1.40. The Labute approximate surface area is 72.7 Å². The maximum absolute atomic E-state index is 11.2. The Kier molecular flexibility index (Phi) is 3.29. The van der Waals surface area contributed by atoms with Gasteiger partial charge in [0.05, 0.1) is 6.61 Å². The summed E-state index contributed by atoms with van der Waals surface area (Å²) in [6.07, 6.45) is 4.64. The van der Waals surface area contributed by atoms with Gasteiger partial charge in [-0.2, -0.15) is 0 Å². The van der Waals surface area contributed by atoms with Gasteiger partial charge in [-0.3, -0.25) is 4.79 Å². The first kappa shape index (κ1) is 9.26. The summed E-state index contributed by atoms with van der Waals surface area (Å²) >= 11 is 0. The molecule has 3 nitrogen and oxygen atoms in total. The third-order valence-corrected chi connectivity index (χ3v) is 2.31. The highest BCUT2D eigenvalue weighted by molar-refractivity contribution is 5.87. The zero-order valence-corrected chi connectivity index (χ0v) is 7.20. The number of rotatable bonds is 4. The van der Waals surface area contributed by atoms with Crippen LogP contribution in [0.25, 0.3) is 0 Å². The number of amides is 1. The van der Waals surface area contributed by atoms with E-state index in [4.69, 9.17) is 5.11 Å². The number of hydrogen-bond acceptors (Lipinski definition) is 2. The van der Waals surface area contributed by atoms with Crippen molar-refractivity contribution in [1.29, 1.82) is 0 Å². The molecule has 0 saturated heterocycles. The maximum Gasteiger partial charge on any atom is 0.246 e. The van der Waals surface area contributed by atoms with Crippen LogP contribution in [0.1, 0.15) is 19.3 Å². The molecule has 0 aromatic heterocycles. The van der Waals surface area contributed by atoms with Gasteiger partial charge in [-0.05, 0) is 25.3 Å². The molecule has 0 radical (unpaired) electrons.